The minimum Gasteiger partial charge on any atom is -0.383 e. The van der Waals surface area contributed by atoms with Crippen LogP contribution in [0.3, 0.4) is 0 Å². The van der Waals surface area contributed by atoms with Gasteiger partial charge in [-0.05, 0) is 38.5 Å². The summed E-state index contributed by atoms with van der Waals surface area (Å²) in [5.74, 6) is 0.337. The third-order valence-electron chi connectivity index (χ3n) is 5.37. The first kappa shape index (κ1) is 22.9. The second-order valence-electron chi connectivity index (χ2n) is 8.08. The number of nitrogens with zero attached hydrogens (tertiary/aromatic N) is 4. The number of hydrogen-bond donors (Lipinski definition) is 0. The van der Waals surface area contributed by atoms with Gasteiger partial charge in [0.05, 0.1) is 35.8 Å². The molecule has 0 spiro atoms. The van der Waals surface area contributed by atoms with E-state index in [1.165, 1.54) is 21.1 Å². The van der Waals surface area contributed by atoms with Crippen molar-refractivity contribution in [3.63, 3.8) is 0 Å². The lowest BCUT2D eigenvalue weighted by molar-refractivity contribution is -0.122. The van der Waals surface area contributed by atoms with Crippen molar-refractivity contribution < 1.29 is 14.3 Å². The van der Waals surface area contributed by atoms with E-state index < -0.39 is 0 Å². The summed E-state index contributed by atoms with van der Waals surface area (Å²) in [6.45, 7) is 7.89. The van der Waals surface area contributed by atoms with Gasteiger partial charge in [-0.3, -0.25) is 18.9 Å². The molecule has 0 bridgehead atoms. The second-order valence-corrected chi connectivity index (χ2v) is 9.75. The van der Waals surface area contributed by atoms with E-state index in [9.17, 15) is 9.59 Å². The molecule has 2 aromatic heterocycles. The number of fused-ring (bicyclic) bond motifs is 1. The standard InChI is InChI=1S/C22H26N4O4S2/c1-13-5-6-18-23-19(24-11-14(2)30-15(3)12-24)16(20(27)26(18)10-13)9-17-21(28)25(7-8-29-4)22(31)32-17/h5-6,9-10,14-15H,7-8,11-12H2,1-4H3/b17-9-/t14-,15-/m0/s1. The molecule has 2 saturated heterocycles. The molecule has 2 aliphatic rings. The summed E-state index contributed by atoms with van der Waals surface area (Å²) in [7, 11) is 1.58. The molecule has 0 aromatic carbocycles. The summed E-state index contributed by atoms with van der Waals surface area (Å²) in [4.78, 5) is 35.4. The molecule has 4 heterocycles. The Bertz CT molecular complexity index is 1150. The van der Waals surface area contributed by atoms with Gasteiger partial charge in [-0.2, -0.15) is 0 Å². The Balaban J connectivity index is 1.84. The molecule has 0 saturated carbocycles. The van der Waals surface area contributed by atoms with Crippen LogP contribution in [-0.2, 0) is 14.3 Å². The van der Waals surface area contributed by atoms with Gasteiger partial charge in [0.2, 0.25) is 0 Å². The summed E-state index contributed by atoms with van der Waals surface area (Å²) >= 11 is 6.58. The van der Waals surface area contributed by atoms with Gasteiger partial charge in [-0.15, -0.1) is 0 Å². The summed E-state index contributed by atoms with van der Waals surface area (Å²) < 4.78 is 12.9. The number of morpholine rings is 1. The highest BCUT2D eigenvalue weighted by Crippen LogP contribution is 2.33. The smallest absolute Gasteiger partial charge is 0.267 e. The van der Waals surface area contributed by atoms with Crippen LogP contribution in [-0.4, -0.2) is 70.1 Å². The maximum atomic E-state index is 13.6. The number of hydrogen-bond acceptors (Lipinski definition) is 8. The average Bonchev–Trinajstić information content (AvgIpc) is 3.00. The van der Waals surface area contributed by atoms with E-state index in [0.29, 0.717) is 52.5 Å². The lowest BCUT2D eigenvalue weighted by atomic mass is 10.1. The van der Waals surface area contributed by atoms with Gasteiger partial charge in [0.15, 0.2) is 0 Å². The number of pyridine rings is 1. The van der Waals surface area contributed by atoms with Gasteiger partial charge < -0.3 is 14.4 Å². The van der Waals surface area contributed by atoms with E-state index >= 15 is 0 Å². The molecule has 32 heavy (non-hydrogen) atoms. The highest BCUT2D eigenvalue weighted by Gasteiger charge is 2.33. The van der Waals surface area contributed by atoms with Crippen LogP contribution in [0.25, 0.3) is 11.7 Å². The summed E-state index contributed by atoms with van der Waals surface area (Å²) in [6, 6.07) is 3.76. The number of thioether (sulfide) groups is 1. The zero-order valence-electron chi connectivity index (χ0n) is 18.5. The first-order chi connectivity index (χ1) is 15.3. The topological polar surface area (TPSA) is 76.4 Å². The fourth-order valence-corrected chi connectivity index (χ4v) is 5.26. The fourth-order valence-electron chi connectivity index (χ4n) is 3.97. The van der Waals surface area contributed by atoms with Crippen molar-refractivity contribution in [3.05, 3.63) is 44.7 Å². The second kappa shape index (κ2) is 9.30. The Morgan fingerprint density at radius 2 is 2.00 bits per heavy atom. The van der Waals surface area contributed by atoms with Crippen LogP contribution in [0, 0.1) is 6.92 Å². The third-order valence-corrected chi connectivity index (χ3v) is 6.75. The van der Waals surface area contributed by atoms with Crippen LogP contribution in [0.2, 0.25) is 0 Å². The normalized spacial score (nSPS) is 23.1. The lowest BCUT2D eigenvalue weighted by Gasteiger charge is -2.36. The molecular weight excluding hydrogens is 448 g/mol. The number of thiocarbonyl (C=S) groups is 1. The van der Waals surface area contributed by atoms with E-state index in [4.69, 9.17) is 26.7 Å². The number of methoxy groups -OCH3 is 1. The molecule has 170 valence electrons. The maximum Gasteiger partial charge on any atom is 0.267 e. The monoisotopic (exact) mass is 474 g/mol. The molecule has 10 heteroatoms. The zero-order chi connectivity index (χ0) is 23.0. The molecule has 0 radical (unpaired) electrons. The fraction of sp³-hybridized carbons (Fsp3) is 0.455. The minimum atomic E-state index is -0.222. The quantitative estimate of drug-likeness (QED) is 0.483. The Labute approximate surface area is 196 Å². The van der Waals surface area contributed by atoms with Crippen molar-refractivity contribution >= 4 is 51.7 Å². The number of amides is 1. The molecule has 0 N–H and O–H groups in total. The van der Waals surface area contributed by atoms with E-state index in [-0.39, 0.29) is 23.7 Å². The lowest BCUT2D eigenvalue weighted by Crippen LogP contribution is -2.46. The number of aromatic nitrogens is 2. The number of anilines is 1. The predicted octanol–water partition coefficient (Wildman–Crippen LogP) is 2.46. The van der Waals surface area contributed by atoms with Crippen molar-refractivity contribution in [1.82, 2.24) is 14.3 Å². The number of rotatable bonds is 5. The molecule has 2 atom stereocenters. The molecule has 0 aliphatic carbocycles. The zero-order valence-corrected chi connectivity index (χ0v) is 20.2. The van der Waals surface area contributed by atoms with Crippen LogP contribution < -0.4 is 10.5 Å². The molecule has 2 fully saturated rings. The average molecular weight is 475 g/mol. The van der Waals surface area contributed by atoms with Crippen LogP contribution in [0.4, 0.5) is 5.82 Å². The molecule has 8 nitrogen and oxygen atoms in total. The first-order valence-corrected chi connectivity index (χ1v) is 11.7. The molecule has 1 amide bonds. The number of ether oxygens (including phenoxy) is 2. The Hall–Kier alpha value is -2.27. The minimum absolute atomic E-state index is 0.00266. The molecule has 4 rings (SSSR count). The van der Waals surface area contributed by atoms with Gasteiger partial charge in [-0.1, -0.05) is 30.0 Å². The Kier molecular flexibility index (Phi) is 6.66. The van der Waals surface area contributed by atoms with E-state index in [0.717, 1.165) is 5.56 Å². The maximum absolute atomic E-state index is 13.6. The highest BCUT2D eigenvalue weighted by molar-refractivity contribution is 8.26. The molecule has 0 unspecified atom stereocenters. The van der Waals surface area contributed by atoms with Gasteiger partial charge in [0, 0.05) is 26.4 Å². The van der Waals surface area contributed by atoms with E-state index in [1.807, 2.05) is 32.9 Å². The number of carbonyl (C=O) groups excluding carboxylic acids is 1. The van der Waals surface area contributed by atoms with Crippen LogP contribution >= 0.6 is 24.0 Å². The first-order valence-electron chi connectivity index (χ1n) is 10.5. The predicted molar refractivity (Wildman–Crippen MR) is 130 cm³/mol. The van der Waals surface area contributed by atoms with Crippen LogP contribution in [0.1, 0.15) is 25.0 Å². The van der Waals surface area contributed by atoms with E-state index in [2.05, 4.69) is 4.90 Å². The Morgan fingerprint density at radius 3 is 2.69 bits per heavy atom. The van der Waals surface area contributed by atoms with Crippen molar-refractivity contribution in [2.24, 2.45) is 0 Å². The molecular formula is C22H26N4O4S2. The largest absolute Gasteiger partial charge is 0.383 e. The third kappa shape index (κ3) is 4.45. The Morgan fingerprint density at radius 1 is 1.28 bits per heavy atom. The van der Waals surface area contributed by atoms with E-state index in [1.54, 1.807) is 19.4 Å². The number of carbonyl (C=O) groups is 1. The van der Waals surface area contributed by atoms with Gasteiger partial charge in [-0.25, -0.2) is 4.98 Å². The van der Waals surface area contributed by atoms with Crippen molar-refractivity contribution in [2.75, 3.05) is 38.3 Å². The number of aryl methyl sites for hydroxylation is 1. The SMILES string of the molecule is COCCN1C(=O)/C(=C/c2c(N3C[C@H](C)O[C@@H](C)C3)nc3ccc(C)cn3c2=O)SC1=S. The van der Waals surface area contributed by atoms with Gasteiger partial charge in [0.25, 0.3) is 11.5 Å². The van der Waals surface area contributed by atoms with Crippen molar-refractivity contribution in [2.45, 2.75) is 33.0 Å². The van der Waals surface area contributed by atoms with Crippen molar-refractivity contribution in [1.29, 1.82) is 0 Å². The van der Waals surface area contributed by atoms with Crippen LogP contribution in [0.15, 0.2) is 28.0 Å². The summed E-state index contributed by atoms with van der Waals surface area (Å²) in [6.07, 6.45) is 3.39. The summed E-state index contributed by atoms with van der Waals surface area (Å²) in [5.41, 5.74) is 1.66. The van der Waals surface area contributed by atoms with Gasteiger partial charge >= 0.3 is 0 Å². The molecule has 2 aromatic rings. The molecule has 2 aliphatic heterocycles. The van der Waals surface area contributed by atoms with Crippen LogP contribution in [0.5, 0.6) is 0 Å². The van der Waals surface area contributed by atoms with Crippen molar-refractivity contribution in [3.8, 4) is 0 Å². The summed E-state index contributed by atoms with van der Waals surface area (Å²) in [5, 5.41) is 0. The van der Waals surface area contributed by atoms with Gasteiger partial charge in [0.1, 0.15) is 15.8 Å². The highest BCUT2D eigenvalue weighted by atomic mass is 32.2.